The van der Waals surface area contributed by atoms with Crippen molar-refractivity contribution in [3.8, 4) is 0 Å². The summed E-state index contributed by atoms with van der Waals surface area (Å²) in [6.45, 7) is 7.95. The predicted molar refractivity (Wildman–Crippen MR) is 75.7 cm³/mol. The molecule has 0 aromatic heterocycles. The third-order valence-corrected chi connectivity index (χ3v) is 3.49. The molecule has 5 heteroatoms. The van der Waals surface area contributed by atoms with Gasteiger partial charge in [-0.1, -0.05) is 20.8 Å². The van der Waals surface area contributed by atoms with E-state index in [4.69, 9.17) is 0 Å². The van der Waals surface area contributed by atoms with Crippen LogP contribution in [0.5, 0.6) is 0 Å². The molecule has 0 aromatic carbocycles. The van der Waals surface area contributed by atoms with Crippen molar-refractivity contribution in [2.24, 2.45) is 11.8 Å². The van der Waals surface area contributed by atoms with E-state index in [-0.39, 0.29) is 24.4 Å². The minimum absolute atomic E-state index is 0.0500. The van der Waals surface area contributed by atoms with Gasteiger partial charge in [-0.25, -0.2) is 0 Å². The van der Waals surface area contributed by atoms with Gasteiger partial charge >= 0.3 is 0 Å². The van der Waals surface area contributed by atoms with E-state index in [1.54, 1.807) is 0 Å². The Balaban J connectivity index is 2.18. The second-order valence-electron chi connectivity index (χ2n) is 5.86. The number of piperidine rings is 1. The normalized spacial score (nSPS) is 23.2. The zero-order valence-corrected chi connectivity index (χ0v) is 12.3. The molecule has 1 aliphatic heterocycles. The first-order valence-electron chi connectivity index (χ1n) is 7.25. The molecule has 0 aliphatic carbocycles. The Bertz CT molecular complexity index is 305. The highest BCUT2D eigenvalue weighted by Gasteiger charge is 2.23. The first-order chi connectivity index (χ1) is 8.99. The maximum absolute atomic E-state index is 11.8. The standard InChI is InChI=1S/C14H27N3O2/c1-10(2)8-16-14(19)9-17-13(18)7-12-11(3)5-4-6-15-12/h10-12,15H,4-9H2,1-3H3,(H,16,19)(H,17,18). The molecule has 3 N–H and O–H groups in total. The molecule has 0 radical (unpaired) electrons. The fourth-order valence-corrected chi connectivity index (χ4v) is 2.22. The first-order valence-corrected chi connectivity index (χ1v) is 7.25. The summed E-state index contributed by atoms with van der Waals surface area (Å²) < 4.78 is 0. The van der Waals surface area contributed by atoms with Crippen LogP contribution in [0.3, 0.4) is 0 Å². The monoisotopic (exact) mass is 269 g/mol. The number of nitrogens with one attached hydrogen (secondary N) is 3. The molecule has 1 rings (SSSR count). The first kappa shape index (κ1) is 16.0. The molecule has 19 heavy (non-hydrogen) atoms. The molecule has 1 aliphatic rings. The van der Waals surface area contributed by atoms with E-state index in [1.807, 2.05) is 13.8 Å². The van der Waals surface area contributed by atoms with Crippen LogP contribution in [0.2, 0.25) is 0 Å². The van der Waals surface area contributed by atoms with Gasteiger partial charge in [0.1, 0.15) is 0 Å². The number of hydrogen-bond acceptors (Lipinski definition) is 3. The summed E-state index contributed by atoms with van der Waals surface area (Å²) in [6, 6.07) is 0.243. The lowest BCUT2D eigenvalue weighted by atomic mass is 9.90. The minimum Gasteiger partial charge on any atom is -0.354 e. The van der Waals surface area contributed by atoms with Crippen molar-refractivity contribution in [1.82, 2.24) is 16.0 Å². The van der Waals surface area contributed by atoms with Crippen LogP contribution < -0.4 is 16.0 Å². The zero-order chi connectivity index (χ0) is 14.3. The van der Waals surface area contributed by atoms with E-state index in [9.17, 15) is 9.59 Å². The fraction of sp³-hybridized carbons (Fsp3) is 0.857. The maximum Gasteiger partial charge on any atom is 0.239 e. The van der Waals surface area contributed by atoms with Crippen LogP contribution in [-0.4, -0.2) is 37.5 Å². The van der Waals surface area contributed by atoms with Crippen LogP contribution >= 0.6 is 0 Å². The third-order valence-electron chi connectivity index (χ3n) is 3.49. The summed E-state index contributed by atoms with van der Waals surface area (Å²) in [7, 11) is 0. The molecule has 2 atom stereocenters. The number of carbonyl (C=O) groups is 2. The summed E-state index contributed by atoms with van der Waals surface area (Å²) in [5.74, 6) is 0.777. The molecule has 1 saturated heterocycles. The molecule has 5 nitrogen and oxygen atoms in total. The molecule has 110 valence electrons. The lowest BCUT2D eigenvalue weighted by molar-refractivity contribution is -0.126. The predicted octanol–water partition coefficient (Wildman–Crippen LogP) is 0.653. The fourth-order valence-electron chi connectivity index (χ4n) is 2.22. The van der Waals surface area contributed by atoms with E-state index >= 15 is 0 Å². The van der Waals surface area contributed by atoms with Gasteiger partial charge in [-0.3, -0.25) is 9.59 Å². The Morgan fingerprint density at radius 2 is 2.00 bits per heavy atom. The Morgan fingerprint density at radius 1 is 1.26 bits per heavy atom. The smallest absolute Gasteiger partial charge is 0.239 e. The van der Waals surface area contributed by atoms with Crippen molar-refractivity contribution in [3.05, 3.63) is 0 Å². The molecule has 2 amide bonds. The van der Waals surface area contributed by atoms with Crippen LogP contribution in [0.1, 0.15) is 40.0 Å². The van der Waals surface area contributed by atoms with Crippen molar-refractivity contribution >= 4 is 11.8 Å². The van der Waals surface area contributed by atoms with Gasteiger partial charge in [-0.05, 0) is 31.2 Å². The van der Waals surface area contributed by atoms with Crippen LogP contribution in [0, 0.1) is 11.8 Å². The summed E-state index contributed by atoms with van der Waals surface area (Å²) in [6.07, 6.45) is 2.80. The highest BCUT2D eigenvalue weighted by Crippen LogP contribution is 2.17. The van der Waals surface area contributed by atoms with Crippen LogP contribution in [0.4, 0.5) is 0 Å². The second-order valence-corrected chi connectivity index (χ2v) is 5.86. The molecule has 1 heterocycles. The van der Waals surface area contributed by atoms with Crippen molar-refractivity contribution in [3.63, 3.8) is 0 Å². The highest BCUT2D eigenvalue weighted by molar-refractivity contribution is 5.84. The Hall–Kier alpha value is -1.10. The van der Waals surface area contributed by atoms with Gasteiger partial charge in [0.05, 0.1) is 6.54 Å². The largest absolute Gasteiger partial charge is 0.354 e. The molecule has 0 saturated carbocycles. The molecule has 0 bridgehead atoms. The van der Waals surface area contributed by atoms with E-state index in [1.165, 1.54) is 12.8 Å². The molecular formula is C14H27N3O2. The molecule has 0 spiro atoms. The third kappa shape index (κ3) is 6.57. The lowest BCUT2D eigenvalue weighted by Gasteiger charge is -2.29. The highest BCUT2D eigenvalue weighted by atomic mass is 16.2. The number of carbonyl (C=O) groups excluding carboxylic acids is 2. The number of hydrogen-bond donors (Lipinski definition) is 3. The Morgan fingerprint density at radius 3 is 2.63 bits per heavy atom. The van der Waals surface area contributed by atoms with Gasteiger partial charge in [-0.2, -0.15) is 0 Å². The van der Waals surface area contributed by atoms with Crippen molar-refractivity contribution in [2.75, 3.05) is 19.6 Å². The maximum atomic E-state index is 11.8. The average Bonchev–Trinajstić information content (AvgIpc) is 2.36. The van der Waals surface area contributed by atoms with E-state index in [0.29, 0.717) is 24.8 Å². The van der Waals surface area contributed by atoms with Gasteiger partial charge in [0.25, 0.3) is 0 Å². The summed E-state index contributed by atoms with van der Waals surface area (Å²) in [5, 5.41) is 8.83. The number of rotatable bonds is 6. The minimum atomic E-state index is -0.119. The summed E-state index contributed by atoms with van der Waals surface area (Å²) >= 11 is 0. The number of amides is 2. The Kier molecular flexibility index (Phi) is 6.84. The van der Waals surface area contributed by atoms with Gasteiger partial charge < -0.3 is 16.0 Å². The van der Waals surface area contributed by atoms with E-state index in [0.717, 1.165) is 6.54 Å². The molecular weight excluding hydrogens is 242 g/mol. The van der Waals surface area contributed by atoms with Gasteiger partial charge in [0.2, 0.25) is 11.8 Å². The molecule has 1 fully saturated rings. The van der Waals surface area contributed by atoms with E-state index in [2.05, 4.69) is 22.9 Å². The van der Waals surface area contributed by atoms with Crippen LogP contribution in [0.25, 0.3) is 0 Å². The molecule has 2 unspecified atom stereocenters. The summed E-state index contributed by atoms with van der Waals surface area (Å²) in [5.41, 5.74) is 0. The summed E-state index contributed by atoms with van der Waals surface area (Å²) in [4.78, 5) is 23.2. The lowest BCUT2D eigenvalue weighted by Crippen LogP contribution is -2.45. The van der Waals surface area contributed by atoms with E-state index < -0.39 is 0 Å². The SMILES string of the molecule is CC(C)CNC(=O)CNC(=O)CC1NCCCC1C. The van der Waals surface area contributed by atoms with Gasteiger partial charge in [-0.15, -0.1) is 0 Å². The Labute approximate surface area is 115 Å². The van der Waals surface area contributed by atoms with Crippen LogP contribution in [0.15, 0.2) is 0 Å². The zero-order valence-electron chi connectivity index (χ0n) is 12.3. The topological polar surface area (TPSA) is 70.2 Å². The second kappa shape index (κ2) is 8.15. The van der Waals surface area contributed by atoms with Crippen molar-refractivity contribution < 1.29 is 9.59 Å². The average molecular weight is 269 g/mol. The quantitative estimate of drug-likeness (QED) is 0.663. The van der Waals surface area contributed by atoms with Gasteiger partial charge in [0, 0.05) is 19.0 Å². The van der Waals surface area contributed by atoms with Crippen molar-refractivity contribution in [1.29, 1.82) is 0 Å². The van der Waals surface area contributed by atoms with Crippen molar-refractivity contribution in [2.45, 2.75) is 46.1 Å². The molecule has 0 aromatic rings. The van der Waals surface area contributed by atoms with Gasteiger partial charge in [0.15, 0.2) is 0 Å². The van der Waals surface area contributed by atoms with Crippen LogP contribution in [-0.2, 0) is 9.59 Å².